The van der Waals surface area contributed by atoms with Gasteiger partial charge in [-0.15, -0.1) is 0 Å². The van der Waals surface area contributed by atoms with Gasteiger partial charge in [-0.1, -0.05) is 30.1 Å². The molecule has 7 nitrogen and oxygen atoms in total. The lowest BCUT2D eigenvalue weighted by Crippen LogP contribution is -2.51. The van der Waals surface area contributed by atoms with Crippen LogP contribution in [0.2, 0.25) is 10.0 Å². The zero-order valence-corrected chi connectivity index (χ0v) is 17.8. The van der Waals surface area contributed by atoms with Crippen LogP contribution in [-0.4, -0.2) is 70.9 Å². The van der Waals surface area contributed by atoms with Crippen LogP contribution in [0.5, 0.6) is 0 Å². The number of ether oxygens (including phenoxy) is 1. The van der Waals surface area contributed by atoms with Gasteiger partial charge in [-0.3, -0.25) is 14.0 Å². The van der Waals surface area contributed by atoms with E-state index in [1.807, 2.05) is 0 Å². The highest BCUT2D eigenvalue weighted by molar-refractivity contribution is 7.92. The molecule has 1 amide bonds. The van der Waals surface area contributed by atoms with Crippen molar-refractivity contribution in [2.75, 3.05) is 50.0 Å². The van der Waals surface area contributed by atoms with E-state index in [-0.39, 0.29) is 16.6 Å². The Hall–Kier alpha value is -1.06. The third-order valence-electron chi connectivity index (χ3n) is 4.31. The van der Waals surface area contributed by atoms with E-state index in [4.69, 9.17) is 27.9 Å². The van der Waals surface area contributed by atoms with Crippen LogP contribution in [-0.2, 0) is 19.6 Å². The summed E-state index contributed by atoms with van der Waals surface area (Å²) in [5.41, 5.74) is 0.196. The van der Waals surface area contributed by atoms with E-state index in [0.29, 0.717) is 37.7 Å². The Morgan fingerprint density at radius 1 is 1.33 bits per heavy atom. The van der Waals surface area contributed by atoms with Gasteiger partial charge in [-0.25, -0.2) is 8.42 Å². The highest BCUT2D eigenvalue weighted by Gasteiger charge is 2.32. The number of hydrogen-bond donors (Lipinski definition) is 1. The molecule has 1 aromatic carbocycles. The predicted molar refractivity (Wildman–Crippen MR) is 108 cm³/mol. The monoisotopic (exact) mass is 437 g/mol. The second-order valence-corrected chi connectivity index (χ2v) is 9.03. The van der Waals surface area contributed by atoms with E-state index < -0.39 is 16.1 Å². The fourth-order valence-electron chi connectivity index (χ4n) is 2.97. The van der Waals surface area contributed by atoms with Crippen molar-refractivity contribution in [1.82, 2.24) is 10.2 Å². The lowest BCUT2D eigenvalue weighted by atomic mass is 10.2. The number of morpholine rings is 1. The van der Waals surface area contributed by atoms with Crippen molar-refractivity contribution in [3.63, 3.8) is 0 Å². The van der Waals surface area contributed by atoms with Gasteiger partial charge >= 0.3 is 0 Å². The maximum atomic E-state index is 12.7. The standard InChI is InChI=1S/C17H25Cl2N3O4S/c1-3-15(17(23)20-6-7-21-8-10-26-11-9-21)22(27(2,24)25)16-12-13(18)4-5-14(16)19/h4-5,12,15H,3,6-11H2,1-2H3,(H,20,23). The van der Waals surface area contributed by atoms with Crippen molar-refractivity contribution in [1.29, 1.82) is 0 Å². The Morgan fingerprint density at radius 3 is 2.59 bits per heavy atom. The topological polar surface area (TPSA) is 79.0 Å². The lowest BCUT2D eigenvalue weighted by molar-refractivity contribution is -0.122. The Labute approximate surface area is 170 Å². The zero-order chi connectivity index (χ0) is 20.0. The molecule has 1 unspecified atom stereocenters. The van der Waals surface area contributed by atoms with Crippen molar-refractivity contribution in [3.8, 4) is 0 Å². The molecule has 1 fully saturated rings. The van der Waals surface area contributed by atoms with Gasteiger partial charge in [0.2, 0.25) is 15.9 Å². The number of carbonyl (C=O) groups is 1. The molecule has 152 valence electrons. The highest BCUT2D eigenvalue weighted by atomic mass is 35.5. The molecule has 1 aliphatic rings. The van der Waals surface area contributed by atoms with Crippen LogP contribution in [0.4, 0.5) is 5.69 Å². The first kappa shape index (κ1) is 22.2. The smallest absolute Gasteiger partial charge is 0.243 e. The number of benzene rings is 1. The van der Waals surface area contributed by atoms with E-state index in [9.17, 15) is 13.2 Å². The van der Waals surface area contributed by atoms with Gasteiger partial charge < -0.3 is 10.1 Å². The first-order valence-corrected chi connectivity index (χ1v) is 11.4. The molecule has 0 radical (unpaired) electrons. The summed E-state index contributed by atoms with van der Waals surface area (Å²) in [5.74, 6) is -0.368. The Bertz CT molecular complexity index is 755. The van der Waals surface area contributed by atoms with E-state index in [0.717, 1.165) is 23.7 Å². The number of halogens is 2. The maximum Gasteiger partial charge on any atom is 0.243 e. The molecule has 0 spiro atoms. The Balaban J connectivity index is 2.14. The summed E-state index contributed by atoms with van der Waals surface area (Å²) in [6.45, 7) is 5.87. The van der Waals surface area contributed by atoms with Crippen molar-refractivity contribution < 1.29 is 17.9 Å². The normalized spacial score (nSPS) is 16.7. The van der Waals surface area contributed by atoms with Crippen LogP contribution >= 0.6 is 23.2 Å². The molecule has 1 saturated heterocycles. The number of nitrogens with zero attached hydrogens (tertiary/aromatic N) is 2. The number of anilines is 1. The molecule has 1 atom stereocenters. The second-order valence-electron chi connectivity index (χ2n) is 6.32. The molecule has 1 heterocycles. The minimum Gasteiger partial charge on any atom is -0.379 e. The maximum absolute atomic E-state index is 12.7. The quantitative estimate of drug-likeness (QED) is 0.672. The van der Waals surface area contributed by atoms with Crippen LogP contribution in [0.3, 0.4) is 0 Å². The second kappa shape index (κ2) is 9.93. The predicted octanol–water partition coefficient (Wildman–Crippen LogP) is 1.99. The van der Waals surface area contributed by atoms with Gasteiger partial charge in [-0.2, -0.15) is 0 Å². The first-order chi connectivity index (χ1) is 12.7. The molecule has 1 aromatic rings. The molecular formula is C17H25Cl2N3O4S. The molecular weight excluding hydrogens is 413 g/mol. The summed E-state index contributed by atoms with van der Waals surface area (Å²) in [5, 5.41) is 3.38. The minimum absolute atomic E-state index is 0.196. The third kappa shape index (κ3) is 6.22. The average molecular weight is 438 g/mol. The summed E-state index contributed by atoms with van der Waals surface area (Å²) >= 11 is 12.2. The van der Waals surface area contributed by atoms with E-state index in [1.165, 1.54) is 12.1 Å². The SMILES string of the molecule is CCC(C(=O)NCCN1CCOCC1)N(c1cc(Cl)ccc1Cl)S(C)(=O)=O. The zero-order valence-electron chi connectivity index (χ0n) is 15.5. The fourth-order valence-corrected chi connectivity index (χ4v) is 4.61. The summed E-state index contributed by atoms with van der Waals surface area (Å²) < 4.78 is 31.2. The molecule has 2 rings (SSSR count). The van der Waals surface area contributed by atoms with Crippen LogP contribution in [0.15, 0.2) is 18.2 Å². The Morgan fingerprint density at radius 2 is 2.00 bits per heavy atom. The van der Waals surface area contributed by atoms with Crippen molar-refractivity contribution in [3.05, 3.63) is 28.2 Å². The minimum atomic E-state index is -3.76. The Kier molecular flexibility index (Phi) is 8.18. The highest BCUT2D eigenvalue weighted by Crippen LogP contribution is 2.32. The fraction of sp³-hybridized carbons (Fsp3) is 0.588. The van der Waals surface area contributed by atoms with Gasteiger partial charge in [0.05, 0.1) is 30.2 Å². The summed E-state index contributed by atoms with van der Waals surface area (Å²) in [6.07, 6.45) is 1.34. The van der Waals surface area contributed by atoms with Crippen molar-refractivity contribution in [2.45, 2.75) is 19.4 Å². The number of amides is 1. The first-order valence-electron chi connectivity index (χ1n) is 8.76. The number of hydrogen-bond acceptors (Lipinski definition) is 5. The third-order valence-corrected chi connectivity index (χ3v) is 6.03. The van der Waals surface area contributed by atoms with Crippen molar-refractivity contribution in [2.24, 2.45) is 0 Å². The van der Waals surface area contributed by atoms with Crippen molar-refractivity contribution >= 4 is 44.8 Å². The summed E-state index contributed by atoms with van der Waals surface area (Å²) in [4.78, 5) is 14.9. The molecule has 0 aromatic heterocycles. The van der Waals surface area contributed by atoms with Crippen LogP contribution in [0.1, 0.15) is 13.3 Å². The number of sulfonamides is 1. The van der Waals surface area contributed by atoms with E-state index in [1.54, 1.807) is 13.0 Å². The van der Waals surface area contributed by atoms with Crippen LogP contribution < -0.4 is 9.62 Å². The van der Waals surface area contributed by atoms with E-state index >= 15 is 0 Å². The number of nitrogens with one attached hydrogen (secondary N) is 1. The van der Waals surface area contributed by atoms with Gasteiger partial charge in [0.25, 0.3) is 0 Å². The molecule has 0 aliphatic carbocycles. The molecule has 27 heavy (non-hydrogen) atoms. The molecule has 1 N–H and O–H groups in total. The molecule has 0 bridgehead atoms. The van der Waals surface area contributed by atoms with E-state index in [2.05, 4.69) is 10.2 Å². The number of rotatable bonds is 8. The molecule has 0 saturated carbocycles. The van der Waals surface area contributed by atoms with Gasteiger partial charge in [-0.05, 0) is 24.6 Å². The molecule has 1 aliphatic heterocycles. The van der Waals surface area contributed by atoms with Crippen LogP contribution in [0, 0.1) is 0 Å². The summed E-state index contributed by atoms with van der Waals surface area (Å²) in [6, 6.07) is 3.62. The number of carbonyl (C=O) groups excluding carboxylic acids is 1. The summed E-state index contributed by atoms with van der Waals surface area (Å²) in [7, 11) is -3.76. The van der Waals surface area contributed by atoms with Gasteiger partial charge in [0, 0.05) is 31.2 Å². The largest absolute Gasteiger partial charge is 0.379 e. The van der Waals surface area contributed by atoms with Gasteiger partial charge in [0.1, 0.15) is 6.04 Å². The van der Waals surface area contributed by atoms with Crippen LogP contribution in [0.25, 0.3) is 0 Å². The van der Waals surface area contributed by atoms with Gasteiger partial charge in [0.15, 0.2) is 0 Å². The lowest BCUT2D eigenvalue weighted by Gasteiger charge is -2.31. The average Bonchev–Trinajstić information content (AvgIpc) is 2.61. The molecule has 10 heteroatoms.